The number of pyridine rings is 1. The van der Waals surface area contributed by atoms with Gasteiger partial charge in [0.1, 0.15) is 11.6 Å². The molecular formula is C14H20FN3S. The van der Waals surface area contributed by atoms with Gasteiger partial charge in [0.2, 0.25) is 0 Å². The van der Waals surface area contributed by atoms with Gasteiger partial charge in [0.25, 0.3) is 0 Å². The number of nitrogens with zero attached hydrogens (tertiary/aromatic N) is 2. The number of hydrogen-bond acceptors (Lipinski definition) is 4. The SMILES string of the molecule is CC1CSCCN1c1ncc(F)cc1CNC1CC1. The summed E-state index contributed by atoms with van der Waals surface area (Å²) in [6.07, 6.45) is 3.83. The number of anilines is 1. The fourth-order valence-corrected chi connectivity index (χ4v) is 3.46. The lowest BCUT2D eigenvalue weighted by molar-refractivity contribution is 0.605. The largest absolute Gasteiger partial charge is 0.352 e. The van der Waals surface area contributed by atoms with Crippen molar-refractivity contribution >= 4 is 17.6 Å². The Balaban J connectivity index is 1.80. The van der Waals surface area contributed by atoms with Crippen molar-refractivity contribution < 1.29 is 4.39 Å². The summed E-state index contributed by atoms with van der Waals surface area (Å²) >= 11 is 1.98. The Morgan fingerprint density at radius 1 is 1.53 bits per heavy atom. The van der Waals surface area contributed by atoms with E-state index in [1.54, 1.807) is 6.07 Å². The molecule has 5 heteroatoms. The lowest BCUT2D eigenvalue weighted by Crippen LogP contribution is -2.41. The van der Waals surface area contributed by atoms with Crippen LogP contribution in [-0.2, 0) is 6.54 Å². The van der Waals surface area contributed by atoms with Crippen molar-refractivity contribution in [3.8, 4) is 0 Å². The second-order valence-corrected chi connectivity index (χ2v) is 6.56. The van der Waals surface area contributed by atoms with Crippen molar-refractivity contribution in [2.24, 2.45) is 0 Å². The molecule has 0 aromatic carbocycles. The average molecular weight is 281 g/mol. The smallest absolute Gasteiger partial charge is 0.141 e. The molecule has 1 N–H and O–H groups in total. The first-order valence-corrected chi connectivity index (χ1v) is 8.11. The third-order valence-corrected chi connectivity index (χ3v) is 4.90. The molecule has 1 aromatic rings. The van der Waals surface area contributed by atoms with E-state index >= 15 is 0 Å². The lowest BCUT2D eigenvalue weighted by atomic mass is 10.2. The van der Waals surface area contributed by atoms with E-state index in [0.717, 1.165) is 36.0 Å². The van der Waals surface area contributed by atoms with Gasteiger partial charge in [-0.05, 0) is 25.8 Å². The van der Waals surface area contributed by atoms with Gasteiger partial charge < -0.3 is 10.2 Å². The zero-order chi connectivity index (χ0) is 13.2. The maximum atomic E-state index is 13.4. The second kappa shape index (κ2) is 5.67. The Kier molecular flexibility index (Phi) is 3.93. The van der Waals surface area contributed by atoms with Crippen LogP contribution < -0.4 is 10.2 Å². The molecule has 19 heavy (non-hydrogen) atoms. The Hall–Kier alpha value is -0.810. The number of hydrogen-bond donors (Lipinski definition) is 1. The molecule has 104 valence electrons. The van der Waals surface area contributed by atoms with Crippen LogP contribution in [0.2, 0.25) is 0 Å². The van der Waals surface area contributed by atoms with E-state index in [2.05, 4.69) is 22.1 Å². The van der Waals surface area contributed by atoms with Gasteiger partial charge in [0, 0.05) is 42.2 Å². The zero-order valence-corrected chi connectivity index (χ0v) is 12.0. The Labute approximate surface area is 118 Å². The van der Waals surface area contributed by atoms with Gasteiger partial charge in [-0.15, -0.1) is 0 Å². The Morgan fingerprint density at radius 2 is 2.37 bits per heavy atom. The molecule has 1 saturated carbocycles. The first-order valence-electron chi connectivity index (χ1n) is 6.96. The van der Waals surface area contributed by atoms with Gasteiger partial charge in [0.15, 0.2) is 0 Å². The summed E-state index contributed by atoms with van der Waals surface area (Å²) in [5.41, 5.74) is 0.991. The fourth-order valence-electron chi connectivity index (χ4n) is 2.45. The van der Waals surface area contributed by atoms with Gasteiger partial charge in [0.05, 0.1) is 6.20 Å². The summed E-state index contributed by atoms with van der Waals surface area (Å²) in [5.74, 6) is 2.96. The molecule has 2 fully saturated rings. The van der Waals surface area contributed by atoms with E-state index < -0.39 is 0 Å². The number of thioether (sulfide) groups is 1. The van der Waals surface area contributed by atoms with E-state index in [1.165, 1.54) is 19.0 Å². The second-order valence-electron chi connectivity index (χ2n) is 5.41. The minimum Gasteiger partial charge on any atom is -0.352 e. The number of rotatable bonds is 4. The summed E-state index contributed by atoms with van der Waals surface area (Å²) in [6.45, 7) is 3.94. The van der Waals surface area contributed by atoms with Crippen LogP contribution in [-0.4, -0.2) is 35.1 Å². The molecule has 0 amide bonds. The van der Waals surface area contributed by atoms with E-state index in [4.69, 9.17) is 0 Å². The van der Waals surface area contributed by atoms with Crippen LogP contribution in [0, 0.1) is 5.82 Å². The molecule has 3 nitrogen and oxygen atoms in total. The lowest BCUT2D eigenvalue weighted by Gasteiger charge is -2.35. The van der Waals surface area contributed by atoms with E-state index in [-0.39, 0.29) is 5.82 Å². The molecular weight excluding hydrogens is 261 g/mol. The van der Waals surface area contributed by atoms with Crippen LogP contribution in [0.5, 0.6) is 0 Å². The topological polar surface area (TPSA) is 28.2 Å². The van der Waals surface area contributed by atoms with E-state index in [9.17, 15) is 4.39 Å². The van der Waals surface area contributed by atoms with Gasteiger partial charge in [-0.2, -0.15) is 11.8 Å². The van der Waals surface area contributed by atoms with E-state index in [0.29, 0.717) is 12.1 Å². The molecule has 2 heterocycles. The maximum Gasteiger partial charge on any atom is 0.141 e. The molecule has 0 bridgehead atoms. The summed E-state index contributed by atoms with van der Waals surface area (Å²) in [5, 5.41) is 3.46. The minimum atomic E-state index is -0.240. The molecule has 1 atom stereocenters. The molecule has 1 unspecified atom stereocenters. The van der Waals surface area contributed by atoms with Gasteiger partial charge in [-0.1, -0.05) is 0 Å². The summed E-state index contributed by atoms with van der Waals surface area (Å²) < 4.78 is 13.4. The highest BCUT2D eigenvalue weighted by atomic mass is 32.2. The maximum absolute atomic E-state index is 13.4. The molecule has 2 aliphatic rings. The van der Waals surface area contributed by atoms with Crippen LogP contribution >= 0.6 is 11.8 Å². The molecule has 1 saturated heterocycles. The fraction of sp³-hybridized carbons (Fsp3) is 0.643. The normalized spacial score (nSPS) is 23.7. The van der Waals surface area contributed by atoms with Gasteiger partial charge in [-0.3, -0.25) is 0 Å². The summed E-state index contributed by atoms with van der Waals surface area (Å²) in [6, 6.07) is 2.73. The van der Waals surface area contributed by atoms with Crippen molar-refractivity contribution in [1.82, 2.24) is 10.3 Å². The molecule has 1 aromatic heterocycles. The summed E-state index contributed by atoms with van der Waals surface area (Å²) in [4.78, 5) is 6.67. The number of nitrogens with one attached hydrogen (secondary N) is 1. The zero-order valence-electron chi connectivity index (χ0n) is 11.2. The quantitative estimate of drug-likeness (QED) is 0.917. The van der Waals surface area contributed by atoms with E-state index in [1.807, 2.05) is 11.8 Å². The molecule has 1 aliphatic heterocycles. The summed E-state index contributed by atoms with van der Waals surface area (Å²) in [7, 11) is 0. The Bertz CT molecular complexity index is 450. The van der Waals surface area contributed by atoms with Crippen LogP contribution in [0.25, 0.3) is 0 Å². The van der Waals surface area contributed by atoms with Crippen molar-refractivity contribution in [3.63, 3.8) is 0 Å². The first kappa shape index (κ1) is 13.2. The monoisotopic (exact) mass is 281 g/mol. The highest BCUT2D eigenvalue weighted by Gasteiger charge is 2.24. The number of halogens is 1. The van der Waals surface area contributed by atoms with Crippen LogP contribution in [0.1, 0.15) is 25.3 Å². The standard InChI is InChI=1S/C14H20FN3S/c1-10-9-19-5-4-18(10)14-11(6-12(15)8-17-14)7-16-13-2-3-13/h6,8,10,13,16H,2-5,7,9H2,1H3. The van der Waals surface area contributed by atoms with Crippen molar-refractivity contribution in [1.29, 1.82) is 0 Å². The number of aromatic nitrogens is 1. The third-order valence-electron chi connectivity index (χ3n) is 3.71. The predicted molar refractivity (Wildman–Crippen MR) is 78.2 cm³/mol. The van der Waals surface area contributed by atoms with Crippen molar-refractivity contribution in [3.05, 3.63) is 23.6 Å². The minimum absolute atomic E-state index is 0.240. The van der Waals surface area contributed by atoms with Gasteiger partial charge in [-0.25, -0.2) is 9.37 Å². The average Bonchev–Trinajstić information content (AvgIpc) is 3.22. The van der Waals surface area contributed by atoms with Crippen LogP contribution in [0.4, 0.5) is 10.2 Å². The predicted octanol–water partition coefficient (Wildman–Crippen LogP) is 2.41. The molecule has 3 rings (SSSR count). The van der Waals surface area contributed by atoms with Crippen LogP contribution in [0.3, 0.4) is 0 Å². The Morgan fingerprint density at radius 3 is 3.11 bits per heavy atom. The highest BCUT2D eigenvalue weighted by molar-refractivity contribution is 7.99. The first-order chi connectivity index (χ1) is 9.24. The highest BCUT2D eigenvalue weighted by Crippen LogP contribution is 2.27. The molecule has 1 aliphatic carbocycles. The van der Waals surface area contributed by atoms with Crippen molar-refractivity contribution in [2.45, 2.75) is 38.4 Å². The molecule has 0 spiro atoms. The third kappa shape index (κ3) is 3.20. The van der Waals surface area contributed by atoms with Gasteiger partial charge >= 0.3 is 0 Å². The van der Waals surface area contributed by atoms with Crippen molar-refractivity contribution in [2.75, 3.05) is 23.0 Å². The molecule has 0 radical (unpaired) electrons. The van der Waals surface area contributed by atoms with Crippen LogP contribution in [0.15, 0.2) is 12.3 Å².